The number of phenolic OH excluding ortho intramolecular Hbond substituents is 1. The second kappa shape index (κ2) is 6.28. The molecule has 4 nitrogen and oxygen atoms in total. The van der Waals surface area contributed by atoms with Crippen LogP contribution in [0.15, 0.2) is 24.8 Å². The van der Waals surface area contributed by atoms with Gasteiger partial charge in [-0.25, -0.2) is 0 Å². The summed E-state index contributed by atoms with van der Waals surface area (Å²) in [5, 5.41) is 13.4. The van der Waals surface area contributed by atoms with Gasteiger partial charge in [0.25, 0.3) is 0 Å². The molecule has 0 aromatic heterocycles. The number of methoxy groups -OCH3 is 1. The smallest absolute Gasteiger partial charge is 0.176 e. The maximum atomic E-state index is 9.78. The van der Waals surface area contributed by atoms with Crippen LogP contribution in [-0.2, 0) is 0 Å². The molecule has 1 fully saturated rings. The summed E-state index contributed by atoms with van der Waals surface area (Å²) in [6.45, 7) is 7.75. The van der Waals surface area contributed by atoms with E-state index >= 15 is 0 Å². The summed E-state index contributed by atoms with van der Waals surface area (Å²) < 4.78 is 5.15. The van der Waals surface area contributed by atoms with E-state index < -0.39 is 0 Å². The molecular formula is C14H19ClN2O2. The number of hydrogen-bond acceptors (Lipinski definition) is 4. The molecule has 19 heavy (non-hydrogen) atoms. The maximum absolute atomic E-state index is 9.78. The SMILES string of the molecule is C=C[C@H](c1cc(Cl)c(O)c(OC)c1)N1CCNCC1. The molecule has 0 bridgehead atoms. The van der Waals surface area contributed by atoms with E-state index in [9.17, 15) is 5.11 Å². The van der Waals surface area contributed by atoms with Gasteiger partial charge in [0, 0.05) is 26.2 Å². The van der Waals surface area contributed by atoms with Crippen LogP contribution in [0.5, 0.6) is 11.5 Å². The molecule has 104 valence electrons. The molecule has 0 amide bonds. The van der Waals surface area contributed by atoms with E-state index in [0.29, 0.717) is 10.8 Å². The lowest BCUT2D eigenvalue weighted by Crippen LogP contribution is -2.44. The van der Waals surface area contributed by atoms with Gasteiger partial charge >= 0.3 is 0 Å². The van der Waals surface area contributed by atoms with Gasteiger partial charge in [-0.15, -0.1) is 6.58 Å². The van der Waals surface area contributed by atoms with Gasteiger partial charge in [0.15, 0.2) is 11.5 Å². The number of piperazine rings is 1. The molecule has 2 rings (SSSR count). The molecule has 1 atom stereocenters. The quantitative estimate of drug-likeness (QED) is 0.831. The first-order chi connectivity index (χ1) is 9.17. The minimum atomic E-state index is -0.0176. The van der Waals surface area contributed by atoms with Crippen molar-refractivity contribution >= 4 is 11.6 Å². The number of hydrogen-bond donors (Lipinski definition) is 2. The molecular weight excluding hydrogens is 264 g/mol. The van der Waals surface area contributed by atoms with Gasteiger partial charge in [0.1, 0.15) is 0 Å². The Morgan fingerprint density at radius 3 is 2.74 bits per heavy atom. The third-order valence-electron chi connectivity index (χ3n) is 3.38. The van der Waals surface area contributed by atoms with Crippen LogP contribution < -0.4 is 10.1 Å². The van der Waals surface area contributed by atoms with Gasteiger partial charge in [-0.3, -0.25) is 4.90 Å². The van der Waals surface area contributed by atoms with Crippen LogP contribution in [0.2, 0.25) is 5.02 Å². The van der Waals surface area contributed by atoms with E-state index in [1.165, 1.54) is 7.11 Å². The Morgan fingerprint density at radius 2 is 2.16 bits per heavy atom. The first-order valence-corrected chi connectivity index (χ1v) is 6.69. The Balaban J connectivity index is 2.32. The molecule has 1 aliphatic heterocycles. The highest BCUT2D eigenvalue weighted by Crippen LogP contribution is 2.38. The van der Waals surface area contributed by atoms with Crippen molar-refractivity contribution in [1.82, 2.24) is 10.2 Å². The molecule has 0 spiro atoms. The Hall–Kier alpha value is -1.23. The Bertz CT molecular complexity index is 459. The zero-order chi connectivity index (χ0) is 13.8. The summed E-state index contributed by atoms with van der Waals surface area (Å²) in [5.41, 5.74) is 0.983. The van der Waals surface area contributed by atoms with Crippen LogP contribution in [0.25, 0.3) is 0 Å². The molecule has 5 heteroatoms. The highest BCUT2D eigenvalue weighted by Gasteiger charge is 2.21. The first-order valence-electron chi connectivity index (χ1n) is 6.31. The van der Waals surface area contributed by atoms with E-state index in [-0.39, 0.29) is 11.8 Å². The topological polar surface area (TPSA) is 44.7 Å². The summed E-state index contributed by atoms with van der Waals surface area (Å²) in [7, 11) is 1.52. The number of nitrogens with one attached hydrogen (secondary N) is 1. The van der Waals surface area contributed by atoms with E-state index in [4.69, 9.17) is 16.3 Å². The average molecular weight is 283 g/mol. The summed E-state index contributed by atoms with van der Waals surface area (Å²) in [5.74, 6) is 0.375. The van der Waals surface area contributed by atoms with Crippen LogP contribution in [0.4, 0.5) is 0 Å². The van der Waals surface area contributed by atoms with Gasteiger partial charge in [-0.2, -0.15) is 0 Å². The van der Waals surface area contributed by atoms with Gasteiger partial charge < -0.3 is 15.2 Å². The largest absolute Gasteiger partial charge is 0.503 e. The van der Waals surface area contributed by atoms with Crippen LogP contribution in [0.1, 0.15) is 11.6 Å². The predicted octanol–water partition coefficient (Wildman–Crippen LogP) is 2.19. The molecule has 1 aromatic rings. The van der Waals surface area contributed by atoms with Crippen molar-refractivity contribution in [2.45, 2.75) is 6.04 Å². The lowest BCUT2D eigenvalue weighted by atomic mass is 10.0. The van der Waals surface area contributed by atoms with Gasteiger partial charge in [-0.1, -0.05) is 17.7 Å². The van der Waals surface area contributed by atoms with Crippen molar-refractivity contribution in [2.24, 2.45) is 0 Å². The second-order valence-corrected chi connectivity index (χ2v) is 4.93. The van der Waals surface area contributed by atoms with E-state index in [2.05, 4.69) is 16.8 Å². The van der Waals surface area contributed by atoms with Crippen LogP contribution in [0.3, 0.4) is 0 Å². The lowest BCUT2D eigenvalue weighted by Gasteiger charge is -2.33. The molecule has 0 saturated carbocycles. The summed E-state index contributed by atoms with van der Waals surface area (Å²) in [6, 6.07) is 3.66. The van der Waals surface area contributed by atoms with Gasteiger partial charge in [0.2, 0.25) is 0 Å². The highest BCUT2D eigenvalue weighted by atomic mass is 35.5. The summed E-state index contributed by atoms with van der Waals surface area (Å²) >= 11 is 6.04. The fourth-order valence-electron chi connectivity index (χ4n) is 2.38. The highest BCUT2D eigenvalue weighted by molar-refractivity contribution is 6.32. The molecule has 1 saturated heterocycles. The molecule has 0 radical (unpaired) electrons. The third kappa shape index (κ3) is 3.03. The van der Waals surface area contributed by atoms with Crippen LogP contribution >= 0.6 is 11.6 Å². The molecule has 0 unspecified atom stereocenters. The standard InChI is InChI=1S/C14H19ClN2O2/c1-3-12(17-6-4-16-5-7-17)10-8-11(15)14(18)13(9-10)19-2/h3,8-9,12,16,18H,1,4-7H2,2H3/t12-/m1/s1. The second-order valence-electron chi connectivity index (χ2n) is 4.52. The first kappa shape index (κ1) is 14.2. The third-order valence-corrected chi connectivity index (χ3v) is 3.67. The van der Waals surface area contributed by atoms with Crippen molar-refractivity contribution in [1.29, 1.82) is 0 Å². The molecule has 0 aliphatic carbocycles. The average Bonchev–Trinajstić information content (AvgIpc) is 2.44. The number of rotatable bonds is 4. The number of benzene rings is 1. The van der Waals surface area contributed by atoms with E-state index in [1.807, 2.05) is 12.1 Å². The predicted molar refractivity (Wildman–Crippen MR) is 77.0 cm³/mol. The number of phenols is 1. The molecule has 1 aromatic carbocycles. The van der Waals surface area contributed by atoms with E-state index in [1.54, 1.807) is 6.07 Å². The normalized spacial score (nSPS) is 18.0. The number of halogens is 1. The number of nitrogens with zero attached hydrogens (tertiary/aromatic N) is 1. The number of aromatic hydroxyl groups is 1. The maximum Gasteiger partial charge on any atom is 0.176 e. The van der Waals surface area contributed by atoms with Crippen LogP contribution in [0, 0.1) is 0 Å². The van der Waals surface area contributed by atoms with Crippen LogP contribution in [-0.4, -0.2) is 43.3 Å². The minimum Gasteiger partial charge on any atom is -0.503 e. The summed E-state index contributed by atoms with van der Waals surface area (Å²) in [4.78, 5) is 2.33. The fraction of sp³-hybridized carbons (Fsp3) is 0.429. The minimum absolute atomic E-state index is 0.0176. The van der Waals surface area contributed by atoms with Crippen molar-refractivity contribution in [2.75, 3.05) is 33.3 Å². The van der Waals surface area contributed by atoms with Crippen molar-refractivity contribution < 1.29 is 9.84 Å². The fourth-order valence-corrected chi connectivity index (χ4v) is 2.60. The van der Waals surface area contributed by atoms with Crippen molar-refractivity contribution in [3.05, 3.63) is 35.4 Å². The lowest BCUT2D eigenvalue weighted by molar-refractivity contribution is 0.203. The monoisotopic (exact) mass is 282 g/mol. The zero-order valence-corrected chi connectivity index (χ0v) is 11.8. The van der Waals surface area contributed by atoms with Gasteiger partial charge in [0.05, 0.1) is 18.2 Å². The Kier molecular flexibility index (Phi) is 4.69. The van der Waals surface area contributed by atoms with Crippen molar-refractivity contribution in [3.8, 4) is 11.5 Å². The van der Waals surface area contributed by atoms with Crippen molar-refractivity contribution in [3.63, 3.8) is 0 Å². The zero-order valence-electron chi connectivity index (χ0n) is 11.0. The number of ether oxygens (including phenoxy) is 1. The van der Waals surface area contributed by atoms with Gasteiger partial charge in [-0.05, 0) is 17.7 Å². The Labute approximate surface area is 118 Å². The Morgan fingerprint density at radius 1 is 1.47 bits per heavy atom. The molecule has 1 aliphatic rings. The van der Waals surface area contributed by atoms with E-state index in [0.717, 1.165) is 31.7 Å². The summed E-state index contributed by atoms with van der Waals surface area (Å²) in [6.07, 6.45) is 1.90. The molecule has 1 heterocycles. The molecule has 2 N–H and O–H groups in total.